The molecule has 3 heterocycles. The second kappa shape index (κ2) is 7.23. The van der Waals surface area contributed by atoms with Crippen molar-refractivity contribution in [2.24, 2.45) is 0 Å². The number of carbonyl (C=O) groups is 1. The van der Waals surface area contributed by atoms with Gasteiger partial charge in [-0.05, 0) is 24.3 Å². The zero-order valence-corrected chi connectivity index (χ0v) is 16.1. The van der Waals surface area contributed by atoms with Crippen LogP contribution in [0, 0.1) is 0 Å². The lowest BCUT2D eigenvalue weighted by atomic mass is 9.93. The molecule has 4 rings (SSSR count). The average Bonchev–Trinajstić information content (AvgIpc) is 3.33. The number of hydrogen-bond acceptors (Lipinski definition) is 7. The van der Waals surface area contributed by atoms with Crippen LogP contribution in [0.15, 0.2) is 47.5 Å². The molecule has 4 N–H and O–H groups in total. The number of carbonyl (C=O) groups excluding carboxylic acids is 1. The number of aromatic nitrogens is 5. The molecule has 10 nitrogen and oxygen atoms in total. The lowest BCUT2D eigenvalue weighted by Crippen LogP contribution is -2.19. The first-order valence-electron chi connectivity index (χ1n) is 8.95. The molecule has 0 atom stereocenters. The lowest BCUT2D eigenvalue weighted by Gasteiger charge is -2.12. The maximum atomic E-state index is 12.2. The molecule has 0 spiro atoms. The van der Waals surface area contributed by atoms with Crippen LogP contribution in [0.1, 0.15) is 26.5 Å². The van der Waals surface area contributed by atoms with E-state index in [9.17, 15) is 4.79 Å². The summed E-state index contributed by atoms with van der Waals surface area (Å²) in [5, 5.41) is 12.5. The van der Waals surface area contributed by atoms with Crippen LogP contribution in [0.3, 0.4) is 0 Å². The van der Waals surface area contributed by atoms with Crippen LogP contribution in [0.5, 0.6) is 0 Å². The Labute approximate surface area is 166 Å². The van der Waals surface area contributed by atoms with Crippen LogP contribution in [-0.4, -0.2) is 31.1 Å². The number of rotatable bonds is 4. The van der Waals surface area contributed by atoms with E-state index in [0.29, 0.717) is 28.7 Å². The summed E-state index contributed by atoms with van der Waals surface area (Å²) < 4.78 is 5.26. The molecule has 10 heteroatoms. The molecular weight excluding hydrogens is 372 g/mol. The molecule has 2 amide bonds. The highest BCUT2D eigenvalue weighted by molar-refractivity contribution is 5.99. The van der Waals surface area contributed by atoms with Crippen molar-refractivity contribution in [1.82, 2.24) is 25.1 Å². The van der Waals surface area contributed by atoms with Crippen LogP contribution in [0.2, 0.25) is 0 Å². The standard InChI is InChI=1S/C19H20N8O2/c1-19(2,3)13-8-14(27-29-13)26-18(28)25-12-6-4-11(5-7-12)24-17-15-16(21-9-20-15)22-10-23-17/h4-10H,1-3H3,(H2,25,26,27,28)(H2,20,21,22,23,24). The van der Waals surface area contributed by atoms with Gasteiger partial charge in [0, 0.05) is 22.9 Å². The Kier molecular flexibility index (Phi) is 4.59. The topological polar surface area (TPSA) is 134 Å². The second-order valence-corrected chi connectivity index (χ2v) is 7.43. The maximum absolute atomic E-state index is 12.2. The number of hydrogen-bond donors (Lipinski definition) is 4. The van der Waals surface area contributed by atoms with E-state index in [1.807, 2.05) is 32.9 Å². The fourth-order valence-electron chi connectivity index (χ4n) is 2.60. The number of nitrogens with one attached hydrogen (secondary N) is 4. The lowest BCUT2D eigenvalue weighted by molar-refractivity contribution is 0.262. The summed E-state index contributed by atoms with van der Waals surface area (Å²) in [4.78, 5) is 27.6. The van der Waals surface area contributed by atoms with E-state index in [1.54, 1.807) is 24.5 Å². The third-order valence-corrected chi connectivity index (χ3v) is 4.12. The van der Waals surface area contributed by atoms with Crippen molar-refractivity contribution in [2.75, 3.05) is 16.0 Å². The summed E-state index contributed by atoms with van der Waals surface area (Å²) in [6.45, 7) is 6.02. The first-order chi connectivity index (χ1) is 13.9. The Morgan fingerprint density at radius 3 is 2.52 bits per heavy atom. The minimum absolute atomic E-state index is 0.183. The van der Waals surface area contributed by atoms with Crippen LogP contribution in [0.4, 0.5) is 27.8 Å². The molecule has 0 bridgehead atoms. The van der Waals surface area contributed by atoms with Gasteiger partial charge in [-0.25, -0.2) is 19.7 Å². The highest BCUT2D eigenvalue weighted by Crippen LogP contribution is 2.25. The first kappa shape index (κ1) is 18.4. The number of nitrogens with zero attached hydrogens (tertiary/aromatic N) is 4. The number of urea groups is 1. The number of imidazole rings is 1. The summed E-state index contributed by atoms with van der Waals surface area (Å²) in [6, 6.07) is 8.51. The van der Waals surface area contributed by atoms with Crippen LogP contribution in [-0.2, 0) is 5.41 Å². The van der Waals surface area contributed by atoms with Gasteiger partial charge in [0.05, 0.1) is 6.33 Å². The van der Waals surface area contributed by atoms with Gasteiger partial charge in [-0.15, -0.1) is 0 Å². The molecule has 0 aliphatic carbocycles. The predicted molar refractivity (Wildman–Crippen MR) is 109 cm³/mol. The van der Waals surface area contributed by atoms with E-state index < -0.39 is 6.03 Å². The van der Waals surface area contributed by atoms with Crippen molar-refractivity contribution in [3.63, 3.8) is 0 Å². The number of anilines is 4. The van der Waals surface area contributed by atoms with Gasteiger partial charge in [-0.1, -0.05) is 25.9 Å². The Morgan fingerprint density at radius 1 is 1.03 bits per heavy atom. The highest BCUT2D eigenvalue weighted by atomic mass is 16.5. The molecule has 4 aromatic rings. The van der Waals surface area contributed by atoms with Gasteiger partial charge < -0.3 is 20.1 Å². The number of amides is 2. The van der Waals surface area contributed by atoms with Gasteiger partial charge in [-0.2, -0.15) is 0 Å². The van der Waals surface area contributed by atoms with Crippen LogP contribution >= 0.6 is 0 Å². The van der Waals surface area contributed by atoms with Gasteiger partial charge in [0.15, 0.2) is 17.3 Å². The largest absolute Gasteiger partial charge is 0.359 e. The molecule has 0 fully saturated rings. The molecule has 148 valence electrons. The maximum Gasteiger partial charge on any atom is 0.324 e. The second-order valence-electron chi connectivity index (χ2n) is 7.43. The van der Waals surface area contributed by atoms with E-state index in [1.165, 1.54) is 6.33 Å². The van der Waals surface area contributed by atoms with Gasteiger partial charge in [0.2, 0.25) is 0 Å². The number of H-pyrrole nitrogens is 1. The molecule has 3 aromatic heterocycles. The molecule has 0 unspecified atom stereocenters. The van der Waals surface area contributed by atoms with Crippen molar-refractivity contribution < 1.29 is 9.32 Å². The molecule has 29 heavy (non-hydrogen) atoms. The smallest absolute Gasteiger partial charge is 0.324 e. The quantitative estimate of drug-likeness (QED) is 0.412. The third-order valence-electron chi connectivity index (χ3n) is 4.12. The van der Waals surface area contributed by atoms with Gasteiger partial charge >= 0.3 is 6.03 Å². The van der Waals surface area contributed by atoms with Crippen LogP contribution < -0.4 is 16.0 Å². The minimum Gasteiger partial charge on any atom is -0.359 e. The Balaban J connectivity index is 1.38. The minimum atomic E-state index is -0.408. The molecule has 0 radical (unpaired) electrons. The predicted octanol–water partition coefficient (Wildman–Crippen LogP) is 4.03. The summed E-state index contributed by atoms with van der Waals surface area (Å²) in [7, 11) is 0. The van der Waals surface area contributed by atoms with E-state index in [4.69, 9.17) is 4.52 Å². The van der Waals surface area contributed by atoms with Crippen molar-refractivity contribution in [1.29, 1.82) is 0 Å². The van der Waals surface area contributed by atoms with Crippen LogP contribution in [0.25, 0.3) is 11.2 Å². The van der Waals surface area contributed by atoms with Crippen molar-refractivity contribution in [3.05, 3.63) is 48.7 Å². The van der Waals surface area contributed by atoms with Gasteiger partial charge in [0.1, 0.15) is 17.6 Å². The zero-order valence-electron chi connectivity index (χ0n) is 16.1. The summed E-state index contributed by atoms with van der Waals surface area (Å²) in [6.07, 6.45) is 3.01. The summed E-state index contributed by atoms with van der Waals surface area (Å²) >= 11 is 0. The SMILES string of the molecule is CC(C)(C)c1cc(NC(=O)Nc2ccc(Nc3ncnc4nc[nH]c34)cc2)no1. The molecule has 0 saturated heterocycles. The van der Waals surface area contributed by atoms with Crippen molar-refractivity contribution in [2.45, 2.75) is 26.2 Å². The fourth-order valence-corrected chi connectivity index (χ4v) is 2.60. The Bertz CT molecular complexity index is 1140. The number of fused-ring (bicyclic) bond motifs is 1. The fraction of sp³-hybridized carbons (Fsp3) is 0.211. The molecule has 0 aliphatic rings. The molecular formula is C19H20N8O2. The zero-order chi connectivity index (χ0) is 20.4. The molecule has 1 aromatic carbocycles. The Morgan fingerprint density at radius 2 is 1.79 bits per heavy atom. The third kappa shape index (κ3) is 4.15. The van der Waals surface area contributed by atoms with Gasteiger partial charge in [0.25, 0.3) is 0 Å². The van der Waals surface area contributed by atoms with E-state index in [-0.39, 0.29) is 5.41 Å². The highest BCUT2D eigenvalue weighted by Gasteiger charge is 2.20. The van der Waals surface area contributed by atoms with E-state index >= 15 is 0 Å². The average molecular weight is 392 g/mol. The monoisotopic (exact) mass is 392 g/mol. The van der Waals surface area contributed by atoms with Crippen molar-refractivity contribution in [3.8, 4) is 0 Å². The van der Waals surface area contributed by atoms with E-state index in [2.05, 4.69) is 41.0 Å². The van der Waals surface area contributed by atoms with Crippen molar-refractivity contribution >= 4 is 40.2 Å². The normalized spacial score (nSPS) is 11.4. The summed E-state index contributed by atoms with van der Waals surface area (Å²) in [5.41, 5.74) is 2.55. The first-order valence-corrected chi connectivity index (χ1v) is 8.95. The molecule has 0 aliphatic heterocycles. The summed E-state index contributed by atoms with van der Waals surface area (Å²) in [5.74, 6) is 1.67. The number of aromatic amines is 1. The number of benzene rings is 1. The van der Waals surface area contributed by atoms with Gasteiger partial charge in [-0.3, -0.25) is 5.32 Å². The molecule has 0 saturated carbocycles. The Hall–Kier alpha value is -3.95. The van der Waals surface area contributed by atoms with E-state index in [0.717, 1.165) is 11.2 Å².